The highest BCUT2D eigenvalue weighted by Crippen LogP contribution is 2.36. The maximum atomic E-state index is 13.2. The van der Waals surface area contributed by atoms with E-state index in [1.807, 2.05) is 19.1 Å². The van der Waals surface area contributed by atoms with Gasteiger partial charge in [0.15, 0.2) is 0 Å². The van der Waals surface area contributed by atoms with Crippen LogP contribution in [0.1, 0.15) is 69.9 Å². The van der Waals surface area contributed by atoms with Crippen molar-refractivity contribution in [1.29, 1.82) is 0 Å². The van der Waals surface area contributed by atoms with E-state index in [0.717, 1.165) is 63.7 Å². The molecule has 4 rings (SSSR count). The maximum absolute atomic E-state index is 13.2. The molecule has 3 fully saturated rings. The molecular formula is C22H31N3O3. The molecule has 1 N–H and O–H groups in total. The van der Waals surface area contributed by atoms with Crippen LogP contribution in [0.2, 0.25) is 0 Å². The third-order valence-corrected chi connectivity index (χ3v) is 6.47. The SMILES string of the molecule is CCOc1ccc([C@@H]2CCCN2CN2C(=O)NC3(CCCCCC3)C2=O)cc1. The maximum Gasteiger partial charge on any atom is 0.326 e. The monoisotopic (exact) mass is 385 g/mol. The summed E-state index contributed by atoms with van der Waals surface area (Å²) in [6.45, 7) is 3.92. The van der Waals surface area contributed by atoms with Crippen molar-refractivity contribution in [3.8, 4) is 5.75 Å². The molecule has 0 bridgehead atoms. The number of carbonyl (C=O) groups excluding carboxylic acids is 2. The fraction of sp³-hybridized carbons (Fsp3) is 0.636. The average molecular weight is 386 g/mol. The van der Waals surface area contributed by atoms with Gasteiger partial charge in [-0.05, 0) is 50.3 Å². The van der Waals surface area contributed by atoms with Crippen molar-refractivity contribution < 1.29 is 14.3 Å². The topological polar surface area (TPSA) is 61.9 Å². The molecule has 0 radical (unpaired) electrons. The number of amides is 3. The normalized spacial score (nSPS) is 25.2. The fourth-order valence-corrected chi connectivity index (χ4v) is 4.98. The summed E-state index contributed by atoms with van der Waals surface area (Å²) < 4.78 is 5.54. The van der Waals surface area contributed by atoms with Gasteiger partial charge in [0.05, 0.1) is 13.3 Å². The second-order valence-corrected chi connectivity index (χ2v) is 8.27. The minimum Gasteiger partial charge on any atom is -0.494 e. The molecule has 152 valence electrons. The summed E-state index contributed by atoms with van der Waals surface area (Å²) in [6, 6.07) is 8.23. The summed E-state index contributed by atoms with van der Waals surface area (Å²) in [4.78, 5) is 29.6. The van der Waals surface area contributed by atoms with Crippen molar-refractivity contribution in [1.82, 2.24) is 15.1 Å². The quantitative estimate of drug-likeness (QED) is 0.783. The predicted octanol–water partition coefficient (Wildman–Crippen LogP) is 3.82. The van der Waals surface area contributed by atoms with E-state index in [1.54, 1.807) is 0 Å². The first-order valence-corrected chi connectivity index (χ1v) is 10.7. The predicted molar refractivity (Wildman–Crippen MR) is 107 cm³/mol. The molecule has 1 aromatic rings. The van der Waals surface area contributed by atoms with Crippen LogP contribution >= 0.6 is 0 Å². The van der Waals surface area contributed by atoms with Crippen molar-refractivity contribution in [2.24, 2.45) is 0 Å². The third kappa shape index (κ3) is 3.62. The Kier molecular flexibility index (Phi) is 5.58. The van der Waals surface area contributed by atoms with Gasteiger partial charge in [-0.1, -0.05) is 37.8 Å². The van der Waals surface area contributed by atoms with Crippen LogP contribution in [-0.4, -0.2) is 47.1 Å². The van der Waals surface area contributed by atoms with Crippen LogP contribution in [-0.2, 0) is 4.79 Å². The number of nitrogens with one attached hydrogen (secondary N) is 1. The molecule has 0 unspecified atom stereocenters. The Labute approximate surface area is 167 Å². The molecule has 1 aromatic carbocycles. The number of likely N-dealkylation sites (tertiary alicyclic amines) is 1. The number of imide groups is 1. The van der Waals surface area contributed by atoms with Gasteiger partial charge in [-0.2, -0.15) is 0 Å². The molecule has 1 atom stereocenters. The van der Waals surface area contributed by atoms with Gasteiger partial charge in [-0.25, -0.2) is 9.69 Å². The molecule has 1 spiro atoms. The number of hydrogen-bond acceptors (Lipinski definition) is 4. The van der Waals surface area contributed by atoms with Gasteiger partial charge >= 0.3 is 6.03 Å². The van der Waals surface area contributed by atoms with E-state index >= 15 is 0 Å². The van der Waals surface area contributed by atoms with E-state index in [9.17, 15) is 9.59 Å². The van der Waals surface area contributed by atoms with Crippen molar-refractivity contribution in [3.05, 3.63) is 29.8 Å². The van der Waals surface area contributed by atoms with Crippen LogP contribution in [0, 0.1) is 0 Å². The smallest absolute Gasteiger partial charge is 0.326 e. The van der Waals surface area contributed by atoms with Gasteiger partial charge < -0.3 is 10.1 Å². The van der Waals surface area contributed by atoms with E-state index in [1.165, 1.54) is 10.5 Å². The van der Waals surface area contributed by atoms with E-state index in [2.05, 4.69) is 22.3 Å². The summed E-state index contributed by atoms with van der Waals surface area (Å²) >= 11 is 0. The van der Waals surface area contributed by atoms with Crippen LogP contribution in [0.15, 0.2) is 24.3 Å². The lowest BCUT2D eigenvalue weighted by Gasteiger charge is -2.29. The Hall–Kier alpha value is -2.08. The molecule has 3 aliphatic rings. The number of urea groups is 1. The molecule has 1 aliphatic carbocycles. The third-order valence-electron chi connectivity index (χ3n) is 6.47. The minimum absolute atomic E-state index is 0.0169. The summed E-state index contributed by atoms with van der Waals surface area (Å²) in [5.41, 5.74) is 0.569. The average Bonchev–Trinajstić information content (AvgIpc) is 3.14. The van der Waals surface area contributed by atoms with Crippen molar-refractivity contribution in [2.75, 3.05) is 19.8 Å². The largest absolute Gasteiger partial charge is 0.494 e. The zero-order valence-corrected chi connectivity index (χ0v) is 16.8. The molecular weight excluding hydrogens is 354 g/mol. The first-order valence-electron chi connectivity index (χ1n) is 10.7. The summed E-state index contributed by atoms with van der Waals surface area (Å²) in [5, 5.41) is 3.05. The lowest BCUT2D eigenvalue weighted by molar-refractivity contribution is -0.133. The minimum atomic E-state index is -0.651. The fourth-order valence-electron chi connectivity index (χ4n) is 4.98. The van der Waals surface area contributed by atoms with Crippen LogP contribution < -0.4 is 10.1 Å². The summed E-state index contributed by atoms with van der Waals surface area (Å²) in [6.07, 6.45) is 7.99. The van der Waals surface area contributed by atoms with Crippen molar-refractivity contribution in [2.45, 2.75) is 69.9 Å². The zero-order valence-electron chi connectivity index (χ0n) is 16.8. The Balaban J connectivity index is 1.46. The van der Waals surface area contributed by atoms with Crippen molar-refractivity contribution >= 4 is 11.9 Å². The molecule has 2 saturated heterocycles. The Morgan fingerprint density at radius 2 is 1.79 bits per heavy atom. The molecule has 1 saturated carbocycles. The second kappa shape index (κ2) is 8.11. The highest BCUT2D eigenvalue weighted by molar-refractivity contribution is 6.07. The number of hydrogen-bond donors (Lipinski definition) is 1. The molecule has 2 heterocycles. The van der Waals surface area contributed by atoms with E-state index in [0.29, 0.717) is 13.3 Å². The summed E-state index contributed by atoms with van der Waals surface area (Å²) in [5.74, 6) is 0.858. The van der Waals surface area contributed by atoms with Crippen LogP contribution in [0.3, 0.4) is 0 Å². The van der Waals surface area contributed by atoms with E-state index in [4.69, 9.17) is 4.74 Å². The molecule has 2 aliphatic heterocycles. The number of nitrogens with zero attached hydrogens (tertiary/aromatic N) is 2. The van der Waals surface area contributed by atoms with E-state index < -0.39 is 5.54 Å². The van der Waals surface area contributed by atoms with Crippen LogP contribution in [0.4, 0.5) is 4.79 Å². The standard InChI is InChI=1S/C22H31N3O3/c1-2-28-18-11-9-17(10-12-18)19-8-7-15-24(19)16-25-20(26)22(23-21(25)27)13-5-3-4-6-14-22/h9-12,19H,2-8,13-16H2,1H3,(H,23,27)/t19-/m0/s1. The Morgan fingerprint density at radius 1 is 1.07 bits per heavy atom. The highest BCUT2D eigenvalue weighted by Gasteiger charge is 2.51. The molecule has 6 nitrogen and oxygen atoms in total. The number of carbonyl (C=O) groups is 2. The number of ether oxygens (including phenoxy) is 1. The van der Waals surface area contributed by atoms with Crippen molar-refractivity contribution in [3.63, 3.8) is 0 Å². The Morgan fingerprint density at radius 3 is 2.46 bits per heavy atom. The van der Waals surface area contributed by atoms with Gasteiger partial charge in [0.2, 0.25) is 0 Å². The summed E-state index contributed by atoms with van der Waals surface area (Å²) in [7, 11) is 0. The van der Waals surface area contributed by atoms with E-state index in [-0.39, 0.29) is 18.0 Å². The zero-order chi connectivity index (χ0) is 19.6. The lowest BCUT2D eigenvalue weighted by atomic mass is 9.90. The van der Waals surface area contributed by atoms with Gasteiger partial charge in [0, 0.05) is 12.6 Å². The Bertz CT molecular complexity index is 710. The highest BCUT2D eigenvalue weighted by atomic mass is 16.5. The molecule has 0 aromatic heterocycles. The molecule has 28 heavy (non-hydrogen) atoms. The first kappa shape index (κ1) is 19.2. The van der Waals surface area contributed by atoms with Gasteiger partial charge in [-0.3, -0.25) is 9.69 Å². The van der Waals surface area contributed by atoms with Gasteiger partial charge in [0.1, 0.15) is 11.3 Å². The first-order chi connectivity index (χ1) is 13.6. The molecule has 3 amide bonds. The van der Waals surface area contributed by atoms with Crippen LogP contribution in [0.25, 0.3) is 0 Å². The van der Waals surface area contributed by atoms with Gasteiger partial charge in [0.25, 0.3) is 5.91 Å². The lowest BCUT2D eigenvalue weighted by Crippen LogP contribution is -2.47. The van der Waals surface area contributed by atoms with Crippen LogP contribution in [0.5, 0.6) is 5.75 Å². The number of rotatable bonds is 5. The number of benzene rings is 1. The second-order valence-electron chi connectivity index (χ2n) is 8.27. The molecule has 6 heteroatoms. The van der Waals surface area contributed by atoms with Gasteiger partial charge in [-0.15, -0.1) is 0 Å².